The average Bonchev–Trinajstić information content (AvgIpc) is 3.78. The highest BCUT2D eigenvalue weighted by molar-refractivity contribution is 14.1. The van der Waals surface area contributed by atoms with Gasteiger partial charge < -0.3 is 34.3 Å². The fraction of sp³-hybridized carbons (Fsp3) is 0.514. The number of fused-ring (bicyclic) bond motifs is 2. The molecule has 2 aliphatic carbocycles. The number of rotatable bonds is 9. The molecule has 2 saturated heterocycles. The highest BCUT2D eigenvalue weighted by Gasteiger charge is 2.55. The number of amides is 2. The monoisotopic (exact) mass is 786 g/mol. The Morgan fingerprint density at radius 3 is 2.41 bits per heavy atom. The van der Waals surface area contributed by atoms with Gasteiger partial charge in [0.05, 0.1) is 18.2 Å². The first-order chi connectivity index (χ1) is 23.3. The highest BCUT2D eigenvalue weighted by Crippen LogP contribution is 2.45. The third kappa shape index (κ3) is 8.19. The molecule has 0 bridgehead atoms. The number of nitrogens with zero attached hydrogens (tertiary/aromatic N) is 1. The summed E-state index contributed by atoms with van der Waals surface area (Å²) in [5, 5.41) is 12.8. The van der Waals surface area contributed by atoms with Crippen molar-refractivity contribution in [2.24, 2.45) is 0 Å². The van der Waals surface area contributed by atoms with E-state index in [2.05, 4.69) is 40.0 Å². The Bertz CT molecular complexity index is 1590. The topological polar surface area (TPSA) is 141 Å². The lowest BCUT2D eigenvalue weighted by atomic mass is 9.91. The van der Waals surface area contributed by atoms with E-state index in [9.17, 15) is 24.3 Å². The van der Waals surface area contributed by atoms with Crippen LogP contribution >= 0.6 is 22.6 Å². The van der Waals surface area contributed by atoms with Crippen LogP contribution in [0.25, 0.3) is 0 Å². The van der Waals surface area contributed by atoms with Gasteiger partial charge in [0.15, 0.2) is 5.79 Å². The van der Waals surface area contributed by atoms with Gasteiger partial charge in [-0.2, -0.15) is 0 Å². The van der Waals surface area contributed by atoms with Crippen molar-refractivity contribution in [1.29, 1.82) is 0 Å². The molecule has 6 rings (SSSR count). The molecule has 2 aliphatic heterocycles. The van der Waals surface area contributed by atoms with Gasteiger partial charge in [0.25, 0.3) is 0 Å². The van der Waals surface area contributed by atoms with Crippen molar-refractivity contribution in [2.45, 2.75) is 108 Å². The first-order valence-electron chi connectivity index (χ1n) is 16.9. The number of carbonyl (C=O) groups is 4. The van der Waals surface area contributed by atoms with Crippen molar-refractivity contribution in [3.63, 3.8) is 0 Å². The number of hydrogen-bond donors (Lipinski definition) is 2. The smallest absolute Gasteiger partial charge is 0.338 e. The summed E-state index contributed by atoms with van der Waals surface area (Å²) >= 11 is 2.17. The number of likely N-dealkylation sites (tertiary alicyclic amines) is 1. The van der Waals surface area contributed by atoms with Crippen LogP contribution in [0.5, 0.6) is 0 Å². The van der Waals surface area contributed by atoms with Crippen molar-refractivity contribution < 1.29 is 43.2 Å². The molecule has 2 N–H and O–H groups in total. The van der Waals surface area contributed by atoms with Crippen LogP contribution in [0.3, 0.4) is 0 Å². The summed E-state index contributed by atoms with van der Waals surface area (Å²) in [6.45, 7) is 5.33. The summed E-state index contributed by atoms with van der Waals surface area (Å²) in [7, 11) is 0. The van der Waals surface area contributed by atoms with Crippen molar-refractivity contribution in [3.8, 4) is 0 Å². The molecule has 0 aromatic heterocycles. The second kappa shape index (κ2) is 14.5. The number of esters is 2. The summed E-state index contributed by atoms with van der Waals surface area (Å²) < 4.78 is 25.6. The molecular formula is C37H43IN2O9. The van der Waals surface area contributed by atoms with Gasteiger partial charge in [-0.15, -0.1) is 0 Å². The first kappa shape index (κ1) is 35.5. The largest absolute Gasteiger partial charge is 0.460 e. The Morgan fingerprint density at radius 2 is 1.76 bits per heavy atom. The lowest BCUT2D eigenvalue weighted by molar-refractivity contribution is -0.172. The van der Waals surface area contributed by atoms with E-state index in [-0.39, 0.29) is 31.8 Å². The maximum Gasteiger partial charge on any atom is 0.338 e. The first-order valence-corrected chi connectivity index (χ1v) is 17.9. The van der Waals surface area contributed by atoms with Crippen LogP contribution in [0.15, 0.2) is 60.2 Å². The van der Waals surface area contributed by atoms with Crippen LogP contribution in [0, 0.1) is 3.57 Å². The fourth-order valence-electron chi connectivity index (χ4n) is 7.10. The van der Waals surface area contributed by atoms with Gasteiger partial charge in [-0.1, -0.05) is 24.3 Å². The van der Waals surface area contributed by atoms with Gasteiger partial charge in [0, 0.05) is 41.4 Å². The zero-order valence-corrected chi connectivity index (χ0v) is 30.1. The third-order valence-electron chi connectivity index (χ3n) is 9.33. The second-order valence-electron chi connectivity index (χ2n) is 14.2. The molecule has 5 atom stereocenters. The Labute approximate surface area is 299 Å². The van der Waals surface area contributed by atoms with E-state index in [0.29, 0.717) is 43.4 Å². The van der Waals surface area contributed by atoms with Crippen molar-refractivity contribution in [2.75, 3.05) is 13.2 Å². The van der Waals surface area contributed by atoms with Crippen molar-refractivity contribution in [1.82, 2.24) is 10.2 Å². The number of aliphatic hydroxyl groups excluding tert-OH is 1. The summed E-state index contributed by atoms with van der Waals surface area (Å²) in [6, 6.07) is 13.7. The molecule has 2 aromatic rings. The molecule has 2 amide bonds. The molecule has 49 heavy (non-hydrogen) atoms. The average molecular weight is 787 g/mol. The number of aliphatic hydroxyl groups is 1. The van der Waals surface area contributed by atoms with E-state index in [4.69, 9.17) is 18.9 Å². The standard InChI is InChI=1S/C37H43IN2O9/c1-36(2,3)48-31(42)15-14-27(21-41)39-33(43)28-9-6-16-40(28)34(44)25-17-29(46-35(45)22-10-12-26(38)13-11-22)32-30(18-25)47-37(49-32)19-23-7-4-5-8-24(23)20-37/h4-5,7-8,10-13,18,27-30,32,41H,6,9,14-17,19-21H2,1-3H3,(H,39,43)/t27-,28+,29+,30+,32-/m0/s1. The number of ether oxygens (including phenoxy) is 4. The van der Waals surface area contributed by atoms with E-state index in [1.807, 2.05) is 24.3 Å². The van der Waals surface area contributed by atoms with Crippen LogP contribution in [-0.4, -0.2) is 88.7 Å². The molecule has 4 aliphatic rings. The Hall–Kier alpha value is -3.33. The molecule has 0 radical (unpaired) electrons. The van der Waals surface area contributed by atoms with Crippen LogP contribution in [0.1, 0.15) is 74.4 Å². The van der Waals surface area contributed by atoms with Crippen LogP contribution in [0.2, 0.25) is 0 Å². The zero-order chi connectivity index (χ0) is 34.9. The molecule has 2 heterocycles. The Kier molecular flexibility index (Phi) is 10.5. The maximum absolute atomic E-state index is 14.2. The quantitative estimate of drug-likeness (QED) is 0.285. The zero-order valence-electron chi connectivity index (χ0n) is 28.0. The minimum absolute atomic E-state index is 0.0303. The summed E-state index contributed by atoms with van der Waals surface area (Å²) in [5.74, 6) is -2.60. The van der Waals surface area contributed by atoms with Crippen molar-refractivity contribution in [3.05, 3.63) is 80.4 Å². The van der Waals surface area contributed by atoms with Crippen molar-refractivity contribution >= 4 is 46.3 Å². The minimum atomic E-state index is -0.934. The molecule has 0 saturated carbocycles. The van der Waals surface area contributed by atoms with Gasteiger partial charge in [0.1, 0.15) is 30.0 Å². The summed E-state index contributed by atoms with van der Waals surface area (Å²) in [5.41, 5.74) is 2.41. The lowest BCUT2D eigenvalue weighted by Gasteiger charge is -2.33. The molecule has 0 unspecified atom stereocenters. The van der Waals surface area contributed by atoms with Gasteiger partial charge in [-0.3, -0.25) is 14.4 Å². The number of nitrogens with one attached hydrogen (secondary N) is 1. The van der Waals surface area contributed by atoms with E-state index in [0.717, 1.165) is 14.7 Å². The molecule has 2 aromatic carbocycles. The Balaban J connectivity index is 1.17. The van der Waals surface area contributed by atoms with E-state index >= 15 is 0 Å². The molecule has 262 valence electrons. The summed E-state index contributed by atoms with van der Waals surface area (Å²) in [6.07, 6.45) is 2.19. The molecular weight excluding hydrogens is 743 g/mol. The number of benzene rings is 2. The van der Waals surface area contributed by atoms with Crippen LogP contribution < -0.4 is 5.32 Å². The predicted octanol–water partition coefficient (Wildman–Crippen LogP) is 4.02. The minimum Gasteiger partial charge on any atom is -0.460 e. The van der Waals surface area contributed by atoms with Gasteiger partial charge in [0.2, 0.25) is 11.8 Å². The molecule has 12 heteroatoms. The number of hydrogen-bond acceptors (Lipinski definition) is 9. The van der Waals surface area contributed by atoms with Gasteiger partial charge in [-0.25, -0.2) is 4.79 Å². The van der Waals surface area contributed by atoms with Gasteiger partial charge in [-0.05, 0) is 104 Å². The highest BCUT2D eigenvalue weighted by atomic mass is 127. The van der Waals surface area contributed by atoms with Gasteiger partial charge >= 0.3 is 11.9 Å². The summed E-state index contributed by atoms with van der Waals surface area (Å²) in [4.78, 5) is 54.7. The fourth-order valence-corrected chi connectivity index (χ4v) is 7.46. The van der Waals surface area contributed by atoms with E-state index in [1.165, 1.54) is 0 Å². The molecule has 1 spiro atoms. The molecule has 11 nitrogen and oxygen atoms in total. The third-order valence-corrected chi connectivity index (χ3v) is 10.0. The number of halogens is 1. The second-order valence-corrected chi connectivity index (χ2v) is 15.5. The van der Waals surface area contributed by atoms with Crippen LogP contribution in [-0.2, 0) is 46.2 Å². The number of carbonyl (C=O) groups excluding carboxylic acids is 4. The Morgan fingerprint density at radius 1 is 1.06 bits per heavy atom. The lowest BCUT2D eigenvalue weighted by Crippen LogP contribution is -2.51. The SMILES string of the molecule is CC(C)(C)OC(=O)CC[C@@H](CO)NC(=O)[C@H]1CCCN1C(=O)C1=C[C@H]2OC3(Cc4ccccc4C3)O[C@H]2[C@H](OC(=O)c2ccc(I)cc2)C1. The maximum atomic E-state index is 14.2. The molecule has 2 fully saturated rings. The normalized spacial score (nSPS) is 24.5. The predicted molar refractivity (Wildman–Crippen MR) is 186 cm³/mol. The van der Waals surface area contributed by atoms with Crippen LogP contribution in [0.4, 0.5) is 0 Å². The van der Waals surface area contributed by atoms with E-state index in [1.54, 1.807) is 43.9 Å². The van der Waals surface area contributed by atoms with E-state index < -0.39 is 59.6 Å².